The molecule has 0 aliphatic carbocycles. The van der Waals surface area contributed by atoms with Crippen LogP contribution in [0.4, 0.5) is 0 Å². The molecule has 2 saturated heterocycles. The number of hydrogen-bond donors (Lipinski definition) is 1. The number of methoxy groups -OCH3 is 1. The second-order valence-corrected chi connectivity index (χ2v) is 16.6. The van der Waals surface area contributed by atoms with Crippen molar-refractivity contribution in [3.05, 3.63) is 23.8 Å². The molecule has 0 spiro atoms. The van der Waals surface area contributed by atoms with Crippen LogP contribution in [-0.4, -0.2) is 58.1 Å². The van der Waals surface area contributed by atoms with E-state index < -0.39 is 8.32 Å². The topological polar surface area (TPSA) is 66.2 Å². The maximum Gasteiger partial charge on any atom is 0.192 e. The molecule has 0 unspecified atom stereocenters. The van der Waals surface area contributed by atoms with E-state index in [9.17, 15) is 0 Å². The number of hydrogen-bond acceptors (Lipinski definition) is 5. The van der Waals surface area contributed by atoms with Gasteiger partial charge in [0.05, 0.1) is 36.1 Å². The zero-order valence-electron chi connectivity index (χ0n) is 25.0. The van der Waals surface area contributed by atoms with Crippen LogP contribution < -0.4 is 5.73 Å². The first-order valence-corrected chi connectivity index (χ1v) is 17.1. The van der Waals surface area contributed by atoms with Gasteiger partial charge in [0.25, 0.3) is 0 Å². The van der Waals surface area contributed by atoms with E-state index in [0.29, 0.717) is 18.4 Å². The van der Waals surface area contributed by atoms with E-state index >= 15 is 0 Å². The largest absolute Gasteiger partial charge is 0.412 e. The van der Waals surface area contributed by atoms with Gasteiger partial charge in [-0.1, -0.05) is 59.8 Å². The van der Waals surface area contributed by atoms with Gasteiger partial charge in [0.15, 0.2) is 8.32 Å². The minimum Gasteiger partial charge on any atom is -0.412 e. The average molecular weight is 524 g/mol. The van der Waals surface area contributed by atoms with Crippen molar-refractivity contribution in [1.82, 2.24) is 0 Å². The third-order valence-corrected chi connectivity index (χ3v) is 13.8. The van der Waals surface area contributed by atoms with Gasteiger partial charge >= 0.3 is 0 Å². The van der Waals surface area contributed by atoms with Crippen molar-refractivity contribution in [3.8, 4) is 0 Å². The predicted octanol–water partition coefficient (Wildman–Crippen LogP) is 6.88. The highest BCUT2D eigenvalue weighted by atomic mass is 28.4. The van der Waals surface area contributed by atoms with Gasteiger partial charge in [-0.25, -0.2) is 0 Å². The van der Waals surface area contributed by atoms with E-state index in [1.165, 1.54) is 12.0 Å². The first-order chi connectivity index (χ1) is 17.0. The van der Waals surface area contributed by atoms with Crippen LogP contribution in [0, 0.1) is 17.8 Å². The molecule has 2 rings (SSSR count). The molecule has 0 aromatic carbocycles. The Hall–Kier alpha value is -0.503. The van der Waals surface area contributed by atoms with E-state index in [1.807, 2.05) is 7.11 Å². The summed E-state index contributed by atoms with van der Waals surface area (Å²) in [6.45, 7) is 20.9. The molecule has 5 nitrogen and oxygen atoms in total. The lowest BCUT2D eigenvalue weighted by Crippen LogP contribution is -2.46. The van der Waals surface area contributed by atoms with Gasteiger partial charge in [-0.3, -0.25) is 0 Å². The average Bonchev–Trinajstić information content (AvgIpc) is 3.53. The summed E-state index contributed by atoms with van der Waals surface area (Å²) in [7, 11) is 0.140. The van der Waals surface area contributed by atoms with E-state index in [1.54, 1.807) is 0 Å². The maximum absolute atomic E-state index is 6.76. The van der Waals surface area contributed by atoms with Gasteiger partial charge in [-0.15, -0.1) is 0 Å². The molecule has 6 heteroatoms. The highest BCUT2D eigenvalue weighted by molar-refractivity contribution is 6.73. The van der Waals surface area contributed by atoms with Crippen LogP contribution in [0.25, 0.3) is 0 Å². The lowest BCUT2D eigenvalue weighted by atomic mass is 9.85. The van der Waals surface area contributed by atoms with Gasteiger partial charge in [0, 0.05) is 19.6 Å². The van der Waals surface area contributed by atoms with E-state index in [-0.39, 0.29) is 42.0 Å². The van der Waals surface area contributed by atoms with Gasteiger partial charge < -0.3 is 24.4 Å². The Morgan fingerprint density at radius 2 is 1.78 bits per heavy atom. The van der Waals surface area contributed by atoms with Crippen LogP contribution >= 0.6 is 0 Å². The fraction of sp³-hybridized carbons (Fsp3) is 0.867. The first-order valence-electron chi connectivity index (χ1n) is 14.6. The van der Waals surface area contributed by atoms with Gasteiger partial charge in [0.1, 0.15) is 0 Å². The van der Waals surface area contributed by atoms with Crippen molar-refractivity contribution in [2.24, 2.45) is 23.5 Å². The molecule has 0 amide bonds. The number of allylic oxidation sites excluding steroid dienone is 3. The number of epoxide rings is 1. The third kappa shape index (κ3) is 8.00. The van der Waals surface area contributed by atoms with Gasteiger partial charge in [-0.2, -0.15) is 0 Å². The summed E-state index contributed by atoms with van der Waals surface area (Å²) in [5.74, 6) is 1.24. The highest BCUT2D eigenvalue weighted by Crippen LogP contribution is 2.47. The van der Waals surface area contributed by atoms with Gasteiger partial charge in [-0.05, 0) is 75.6 Å². The van der Waals surface area contributed by atoms with Gasteiger partial charge in [0.2, 0.25) is 0 Å². The summed E-state index contributed by atoms with van der Waals surface area (Å²) >= 11 is 0. The minimum atomic E-state index is -1.68. The van der Waals surface area contributed by atoms with E-state index in [4.69, 9.17) is 24.4 Å². The molecule has 2 heterocycles. The molecule has 0 saturated carbocycles. The monoisotopic (exact) mass is 523 g/mol. The molecule has 2 aliphatic heterocycles. The summed E-state index contributed by atoms with van der Waals surface area (Å²) in [6.07, 6.45) is 10.7. The molecular formula is C30H57NO4Si. The number of nitrogens with two attached hydrogens (primary N) is 1. The molecule has 36 heavy (non-hydrogen) atoms. The summed E-state index contributed by atoms with van der Waals surface area (Å²) in [6, 6.07) is 3.47. The van der Waals surface area contributed by atoms with Crippen molar-refractivity contribution in [3.63, 3.8) is 0 Å². The van der Waals surface area contributed by atoms with Crippen LogP contribution in [-0.2, 0) is 18.6 Å². The van der Waals surface area contributed by atoms with Crippen molar-refractivity contribution in [2.45, 2.75) is 136 Å². The van der Waals surface area contributed by atoms with Crippen LogP contribution in [0.15, 0.2) is 23.8 Å². The molecule has 2 aliphatic rings. The third-order valence-electron chi connectivity index (χ3n) is 9.08. The molecule has 0 radical (unpaired) electrons. The van der Waals surface area contributed by atoms with Crippen molar-refractivity contribution < 1.29 is 18.6 Å². The van der Waals surface area contributed by atoms with Crippen LogP contribution in [0.5, 0.6) is 0 Å². The summed E-state index contributed by atoms with van der Waals surface area (Å²) < 4.78 is 25.3. The Kier molecular flexibility index (Phi) is 12.4. The second-order valence-electron chi connectivity index (χ2n) is 11.9. The molecule has 2 N–H and O–H groups in total. The Bertz CT molecular complexity index is 715. The summed E-state index contributed by atoms with van der Waals surface area (Å²) in [5.41, 5.74) is 7.03. The molecular weight excluding hydrogens is 466 g/mol. The standard InChI is InChI=1S/C30H57NO4Si/c1-11-36(12-2,13-3)35-25(8)28(32-10)24(7)29-30(9,34-29)19-21(4)15-14-16-22(5)27-23(6)17-18-26(20-31)33-27/h14-16,21,23-29H,11-13,17-20,31H2,1-10H3/b15-14+,22-16+/t21-,23+,24-,25-,26-,27-,28-,29-,30-/m1/s1. The summed E-state index contributed by atoms with van der Waals surface area (Å²) in [4.78, 5) is 0. The fourth-order valence-electron chi connectivity index (χ4n) is 6.49. The molecule has 0 aromatic rings. The lowest BCUT2D eigenvalue weighted by molar-refractivity contribution is -0.0542. The van der Waals surface area contributed by atoms with Crippen LogP contribution in [0.3, 0.4) is 0 Å². The Morgan fingerprint density at radius 3 is 2.33 bits per heavy atom. The molecule has 210 valence electrons. The number of ether oxygens (including phenoxy) is 3. The lowest BCUT2D eigenvalue weighted by Gasteiger charge is -2.36. The summed E-state index contributed by atoms with van der Waals surface area (Å²) in [5, 5.41) is 0. The molecule has 0 aromatic heterocycles. The molecule has 2 fully saturated rings. The van der Waals surface area contributed by atoms with Crippen LogP contribution in [0.2, 0.25) is 18.1 Å². The van der Waals surface area contributed by atoms with E-state index in [0.717, 1.165) is 31.0 Å². The van der Waals surface area contributed by atoms with Crippen molar-refractivity contribution >= 4 is 8.32 Å². The SMILES string of the molecule is CC[Si](CC)(CC)O[C@H](C)[C@H](OC)[C@@H](C)[C@H]1O[C@]1(C)C[C@H](C)/C=C/C=C(\C)[C@H]1O[C@@H](CN)CC[C@@H]1C. The van der Waals surface area contributed by atoms with Crippen LogP contribution in [0.1, 0.15) is 81.6 Å². The second kappa shape index (κ2) is 14.0. The maximum atomic E-state index is 6.76. The predicted molar refractivity (Wildman–Crippen MR) is 154 cm³/mol. The highest BCUT2D eigenvalue weighted by Gasteiger charge is 2.57. The normalized spacial score (nSPS) is 32.9. The number of rotatable bonds is 15. The zero-order chi connectivity index (χ0) is 27.1. The smallest absolute Gasteiger partial charge is 0.192 e. The Balaban J connectivity index is 1.93. The Labute approximate surface area is 223 Å². The van der Waals surface area contributed by atoms with E-state index in [2.05, 4.69) is 80.5 Å². The zero-order valence-corrected chi connectivity index (χ0v) is 26.0. The molecule has 9 atom stereocenters. The van der Waals surface area contributed by atoms with Crippen molar-refractivity contribution in [1.29, 1.82) is 0 Å². The molecule has 0 bridgehead atoms. The Morgan fingerprint density at radius 1 is 1.14 bits per heavy atom. The fourth-order valence-corrected chi connectivity index (χ4v) is 9.41. The quantitative estimate of drug-likeness (QED) is 0.144. The first kappa shape index (κ1) is 31.7. The van der Waals surface area contributed by atoms with Crippen molar-refractivity contribution in [2.75, 3.05) is 13.7 Å². The minimum absolute atomic E-state index is 0.0413.